The summed E-state index contributed by atoms with van der Waals surface area (Å²) in [5.41, 5.74) is 0. The Balaban J connectivity index is 2.47. The number of hydrogen-bond acceptors (Lipinski definition) is 4. The number of nitrogens with zero attached hydrogens (tertiary/aromatic N) is 2. The van der Waals surface area contributed by atoms with Crippen molar-refractivity contribution >= 4 is 28.4 Å². The number of imide groups is 1. The Kier molecular flexibility index (Phi) is 5.56. The van der Waals surface area contributed by atoms with Crippen LogP contribution in [0.3, 0.4) is 0 Å². The topological polar surface area (TPSA) is 71.0 Å². The first-order valence-corrected chi connectivity index (χ1v) is 5.62. The van der Waals surface area contributed by atoms with Crippen LogP contribution in [0, 0.1) is 0 Å². The van der Waals surface area contributed by atoms with E-state index in [0.717, 1.165) is 0 Å². The van der Waals surface area contributed by atoms with E-state index < -0.39 is 6.04 Å². The van der Waals surface area contributed by atoms with Crippen molar-refractivity contribution in [2.24, 2.45) is 4.67 Å². The molecule has 88 valence electrons. The molecule has 1 rings (SSSR count). The third kappa shape index (κ3) is 3.35. The number of nitrogens with one attached hydrogen (secondary N) is 1. The number of carbonyl (C=O) groups excluding carboxylic acids is 2. The standard InChI is InChI=1S/C8H15BN3O3P/c1-2-15-4-3-12-7(13)5-6(8(12)14)10-9-11-16/h6,10H,2-5,16H2,1H3. The summed E-state index contributed by atoms with van der Waals surface area (Å²) in [6.07, 6.45) is 0.182. The SMILES string of the molecule is CCOCCN1C(=O)CC(N/B=N/P)C1=O. The molecule has 1 aliphatic rings. The fourth-order valence-corrected chi connectivity index (χ4v) is 1.57. The first-order chi connectivity index (χ1) is 7.70. The molecule has 8 heteroatoms. The van der Waals surface area contributed by atoms with Gasteiger partial charge in [0.05, 0.1) is 0 Å². The normalized spacial score (nSPS) is 20.6. The van der Waals surface area contributed by atoms with E-state index in [-0.39, 0.29) is 18.2 Å². The molecule has 0 radical (unpaired) electrons. The Morgan fingerprint density at radius 3 is 3.06 bits per heavy atom. The molecule has 0 aromatic rings. The average Bonchev–Trinajstić information content (AvgIpc) is 2.54. The van der Waals surface area contributed by atoms with Gasteiger partial charge in [0.15, 0.2) is 0 Å². The molecular formula is C8H15BN3O3P. The maximum absolute atomic E-state index is 11.7. The van der Waals surface area contributed by atoms with Gasteiger partial charge < -0.3 is 0 Å². The quantitative estimate of drug-likeness (QED) is 0.291. The van der Waals surface area contributed by atoms with E-state index in [1.165, 1.54) is 12.1 Å². The summed E-state index contributed by atoms with van der Waals surface area (Å²) >= 11 is 0. The van der Waals surface area contributed by atoms with E-state index in [9.17, 15) is 9.59 Å². The second-order valence-corrected chi connectivity index (χ2v) is 3.58. The molecule has 0 bridgehead atoms. The summed E-state index contributed by atoms with van der Waals surface area (Å²) in [5, 5.41) is 2.77. The van der Waals surface area contributed by atoms with E-state index in [4.69, 9.17) is 4.74 Å². The second-order valence-electron chi connectivity index (χ2n) is 3.28. The molecule has 1 saturated heterocycles. The Morgan fingerprint density at radius 2 is 2.44 bits per heavy atom. The van der Waals surface area contributed by atoms with Crippen LogP contribution in [0.5, 0.6) is 0 Å². The van der Waals surface area contributed by atoms with Crippen molar-refractivity contribution in [1.82, 2.24) is 10.1 Å². The van der Waals surface area contributed by atoms with Crippen molar-refractivity contribution in [3.8, 4) is 0 Å². The number of amides is 2. The molecule has 1 N–H and O–H groups in total. The van der Waals surface area contributed by atoms with Gasteiger partial charge in [0.2, 0.25) is 0 Å². The molecule has 6 nitrogen and oxygen atoms in total. The molecule has 0 aromatic heterocycles. The monoisotopic (exact) mass is 243 g/mol. The molecule has 0 saturated carbocycles. The number of ether oxygens (including phenoxy) is 1. The summed E-state index contributed by atoms with van der Waals surface area (Å²) in [4.78, 5) is 24.5. The van der Waals surface area contributed by atoms with Gasteiger partial charge in [-0.15, -0.1) is 0 Å². The predicted molar refractivity (Wildman–Crippen MR) is 62.6 cm³/mol. The van der Waals surface area contributed by atoms with Crippen molar-refractivity contribution < 1.29 is 14.3 Å². The van der Waals surface area contributed by atoms with Gasteiger partial charge in [-0.25, -0.2) is 0 Å². The number of hydrogen-bond donors (Lipinski definition) is 1. The zero-order valence-electron chi connectivity index (χ0n) is 9.18. The molecule has 2 amide bonds. The average molecular weight is 243 g/mol. The van der Waals surface area contributed by atoms with Crippen LogP contribution in [0.25, 0.3) is 0 Å². The minimum atomic E-state index is -0.488. The molecule has 2 atom stereocenters. The first kappa shape index (κ1) is 13.3. The molecule has 0 aromatic carbocycles. The van der Waals surface area contributed by atoms with Crippen LogP contribution >= 0.6 is 9.39 Å². The molecule has 0 spiro atoms. The zero-order chi connectivity index (χ0) is 12.0. The third-order valence-corrected chi connectivity index (χ3v) is 2.41. The number of rotatable bonds is 6. The predicted octanol–water partition coefficient (Wildman–Crippen LogP) is -0.667. The molecule has 1 aliphatic heterocycles. The van der Waals surface area contributed by atoms with Crippen molar-refractivity contribution in [3.63, 3.8) is 0 Å². The molecule has 2 unspecified atom stereocenters. The number of likely N-dealkylation sites (tertiary alicyclic amines) is 1. The van der Waals surface area contributed by atoms with E-state index in [2.05, 4.69) is 19.3 Å². The van der Waals surface area contributed by atoms with Crippen LogP contribution in [0.2, 0.25) is 0 Å². The van der Waals surface area contributed by atoms with E-state index in [0.29, 0.717) is 19.8 Å². The minimum absolute atomic E-state index is 0.167. The molecule has 1 fully saturated rings. The van der Waals surface area contributed by atoms with Gasteiger partial charge in [0.25, 0.3) is 0 Å². The van der Waals surface area contributed by atoms with Crippen LogP contribution in [-0.2, 0) is 14.3 Å². The Labute approximate surface area is 97.3 Å². The van der Waals surface area contributed by atoms with Gasteiger partial charge in [-0.1, -0.05) is 0 Å². The third-order valence-electron chi connectivity index (χ3n) is 2.26. The van der Waals surface area contributed by atoms with Crippen LogP contribution < -0.4 is 5.23 Å². The summed E-state index contributed by atoms with van der Waals surface area (Å²) < 4.78 is 8.75. The molecule has 1 heterocycles. The molecular weight excluding hydrogens is 228 g/mol. The van der Waals surface area contributed by atoms with Gasteiger partial charge >= 0.3 is 96.7 Å². The van der Waals surface area contributed by atoms with Crippen LogP contribution in [0.1, 0.15) is 13.3 Å². The maximum atomic E-state index is 11.7. The van der Waals surface area contributed by atoms with Gasteiger partial charge in [-0.05, 0) is 0 Å². The Hall–Kier alpha value is -0.805. The van der Waals surface area contributed by atoms with Crippen molar-refractivity contribution in [2.75, 3.05) is 19.8 Å². The van der Waals surface area contributed by atoms with Gasteiger partial charge in [0, 0.05) is 0 Å². The van der Waals surface area contributed by atoms with Crippen LogP contribution in [-0.4, -0.2) is 49.7 Å². The molecule has 0 aliphatic carbocycles. The fourth-order valence-electron chi connectivity index (χ4n) is 1.48. The summed E-state index contributed by atoms with van der Waals surface area (Å²) in [6, 6.07) is -0.488. The summed E-state index contributed by atoms with van der Waals surface area (Å²) in [7, 11) is 3.54. The van der Waals surface area contributed by atoms with Crippen molar-refractivity contribution in [1.29, 1.82) is 0 Å². The van der Waals surface area contributed by atoms with E-state index in [1.54, 1.807) is 0 Å². The van der Waals surface area contributed by atoms with Crippen molar-refractivity contribution in [2.45, 2.75) is 19.4 Å². The van der Waals surface area contributed by atoms with Gasteiger partial charge in [-0.3, -0.25) is 0 Å². The number of carbonyl (C=O) groups is 2. The van der Waals surface area contributed by atoms with Crippen LogP contribution in [0.4, 0.5) is 0 Å². The van der Waals surface area contributed by atoms with Gasteiger partial charge in [0.1, 0.15) is 0 Å². The second kappa shape index (κ2) is 6.71. The van der Waals surface area contributed by atoms with Gasteiger partial charge in [-0.2, -0.15) is 0 Å². The Morgan fingerprint density at radius 1 is 1.69 bits per heavy atom. The zero-order valence-corrected chi connectivity index (χ0v) is 10.3. The van der Waals surface area contributed by atoms with E-state index in [1.807, 2.05) is 6.92 Å². The Bertz CT molecular complexity index is 300. The van der Waals surface area contributed by atoms with Crippen LogP contribution in [0.15, 0.2) is 4.67 Å². The summed E-state index contributed by atoms with van der Waals surface area (Å²) in [5.74, 6) is -0.381. The van der Waals surface area contributed by atoms with Crippen molar-refractivity contribution in [3.05, 3.63) is 0 Å². The first-order valence-electron chi connectivity index (χ1n) is 5.10. The fraction of sp³-hybridized carbons (Fsp3) is 0.750. The van der Waals surface area contributed by atoms with E-state index >= 15 is 0 Å². The molecule has 16 heavy (non-hydrogen) atoms. The summed E-state index contributed by atoms with van der Waals surface area (Å²) in [6.45, 7) is 3.16.